The van der Waals surface area contributed by atoms with Crippen LogP contribution in [0.4, 0.5) is 5.82 Å². The fourth-order valence-electron chi connectivity index (χ4n) is 3.69. The van der Waals surface area contributed by atoms with E-state index < -0.39 is 0 Å². The van der Waals surface area contributed by atoms with Gasteiger partial charge in [-0.15, -0.1) is 0 Å². The number of furan rings is 1. The van der Waals surface area contributed by atoms with Gasteiger partial charge in [0.05, 0.1) is 18.5 Å². The van der Waals surface area contributed by atoms with E-state index in [1.807, 2.05) is 18.3 Å². The topological polar surface area (TPSA) is 58.3 Å². The predicted molar refractivity (Wildman–Crippen MR) is 89.3 cm³/mol. The Bertz CT molecular complexity index is 602. The summed E-state index contributed by atoms with van der Waals surface area (Å²) in [5, 5.41) is 11.5. The lowest BCUT2D eigenvalue weighted by molar-refractivity contribution is 0.206. The Kier molecular flexibility index (Phi) is 4.35. The highest BCUT2D eigenvalue weighted by Crippen LogP contribution is 2.25. The molecule has 4 rings (SSSR count). The van der Waals surface area contributed by atoms with Gasteiger partial charge in [-0.05, 0) is 38.1 Å². The summed E-state index contributed by atoms with van der Waals surface area (Å²) >= 11 is 0. The smallest absolute Gasteiger partial charge is 0.124 e. The second-order valence-electron chi connectivity index (χ2n) is 6.58. The third-order valence-corrected chi connectivity index (χ3v) is 4.94. The van der Waals surface area contributed by atoms with Crippen LogP contribution in [0.2, 0.25) is 0 Å². The van der Waals surface area contributed by atoms with E-state index in [9.17, 15) is 0 Å². The zero-order chi connectivity index (χ0) is 15.5. The molecular formula is C17H25N5O. The van der Waals surface area contributed by atoms with Gasteiger partial charge in [0.1, 0.15) is 11.6 Å². The number of nitrogens with one attached hydrogen (secondary N) is 2. The number of likely N-dealkylation sites (tertiary alicyclic amines) is 1. The van der Waals surface area contributed by atoms with Crippen molar-refractivity contribution in [3.63, 3.8) is 0 Å². The third-order valence-electron chi connectivity index (χ3n) is 4.94. The Labute approximate surface area is 136 Å². The van der Waals surface area contributed by atoms with E-state index in [1.54, 1.807) is 6.26 Å². The number of hydrogen-bond donors (Lipinski definition) is 2. The first kappa shape index (κ1) is 14.8. The van der Waals surface area contributed by atoms with Crippen molar-refractivity contribution in [3.05, 3.63) is 36.4 Å². The number of nitrogens with zero attached hydrogens (tertiary/aromatic N) is 3. The average molecular weight is 315 g/mol. The SMILES string of the molecule is c1coc([C@H](CNC[C@H]2CNc3ccnn3C2)N2CCCC2)c1. The fraction of sp³-hybridized carbons (Fsp3) is 0.588. The molecule has 0 aliphatic carbocycles. The van der Waals surface area contributed by atoms with Crippen LogP contribution < -0.4 is 10.6 Å². The Morgan fingerprint density at radius 1 is 1.35 bits per heavy atom. The van der Waals surface area contributed by atoms with Crippen LogP contribution in [0.15, 0.2) is 35.1 Å². The quantitative estimate of drug-likeness (QED) is 0.853. The molecule has 124 valence electrons. The molecule has 2 aliphatic rings. The highest BCUT2D eigenvalue weighted by atomic mass is 16.3. The number of aromatic nitrogens is 2. The second-order valence-corrected chi connectivity index (χ2v) is 6.58. The Morgan fingerprint density at radius 3 is 3.09 bits per heavy atom. The monoisotopic (exact) mass is 315 g/mol. The number of hydrogen-bond acceptors (Lipinski definition) is 5. The van der Waals surface area contributed by atoms with Crippen LogP contribution in [0.5, 0.6) is 0 Å². The molecular weight excluding hydrogens is 290 g/mol. The van der Waals surface area contributed by atoms with Crippen molar-refractivity contribution in [2.24, 2.45) is 5.92 Å². The van der Waals surface area contributed by atoms with Crippen molar-refractivity contribution >= 4 is 5.82 Å². The Morgan fingerprint density at radius 2 is 2.26 bits per heavy atom. The van der Waals surface area contributed by atoms with Gasteiger partial charge >= 0.3 is 0 Å². The van der Waals surface area contributed by atoms with Crippen LogP contribution in [-0.4, -0.2) is 47.4 Å². The van der Waals surface area contributed by atoms with E-state index in [1.165, 1.54) is 25.9 Å². The van der Waals surface area contributed by atoms with Crippen molar-refractivity contribution in [1.29, 1.82) is 0 Å². The van der Waals surface area contributed by atoms with Gasteiger partial charge in [0.25, 0.3) is 0 Å². The van der Waals surface area contributed by atoms with Crippen LogP contribution in [0, 0.1) is 5.92 Å². The Hall–Kier alpha value is -1.79. The second kappa shape index (κ2) is 6.76. The van der Waals surface area contributed by atoms with Crippen molar-refractivity contribution in [2.45, 2.75) is 25.4 Å². The van der Waals surface area contributed by atoms with Gasteiger partial charge in [-0.2, -0.15) is 5.10 Å². The zero-order valence-corrected chi connectivity index (χ0v) is 13.4. The molecule has 1 fully saturated rings. The molecule has 0 unspecified atom stereocenters. The summed E-state index contributed by atoms with van der Waals surface area (Å²) in [5.41, 5.74) is 0. The maximum absolute atomic E-state index is 5.68. The summed E-state index contributed by atoms with van der Waals surface area (Å²) in [7, 11) is 0. The lowest BCUT2D eigenvalue weighted by atomic mass is 10.1. The van der Waals surface area contributed by atoms with Crippen molar-refractivity contribution in [3.8, 4) is 0 Å². The average Bonchev–Trinajstić information content (AvgIpc) is 3.33. The van der Waals surface area contributed by atoms with Crippen LogP contribution in [0.3, 0.4) is 0 Å². The molecule has 0 radical (unpaired) electrons. The lowest BCUT2D eigenvalue weighted by Crippen LogP contribution is -2.39. The van der Waals surface area contributed by atoms with Gasteiger partial charge in [0.15, 0.2) is 0 Å². The van der Waals surface area contributed by atoms with E-state index in [2.05, 4.69) is 31.4 Å². The molecule has 2 N–H and O–H groups in total. The van der Waals surface area contributed by atoms with Crippen LogP contribution in [0.25, 0.3) is 0 Å². The molecule has 2 aromatic heterocycles. The first-order valence-corrected chi connectivity index (χ1v) is 8.64. The van der Waals surface area contributed by atoms with Crippen molar-refractivity contribution in [1.82, 2.24) is 20.0 Å². The minimum atomic E-state index is 0.351. The van der Waals surface area contributed by atoms with E-state index in [4.69, 9.17) is 4.42 Å². The third kappa shape index (κ3) is 3.28. The summed E-state index contributed by atoms with van der Waals surface area (Å²) in [6, 6.07) is 6.47. The van der Waals surface area contributed by atoms with Gasteiger partial charge in [0.2, 0.25) is 0 Å². The fourth-order valence-corrected chi connectivity index (χ4v) is 3.69. The molecule has 0 bridgehead atoms. The number of rotatable bonds is 6. The molecule has 2 aliphatic heterocycles. The highest BCUT2D eigenvalue weighted by Gasteiger charge is 2.26. The largest absolute Gasteiger partial charge is 0.468 e. The van der Waals surface area contributed by atoms with Gasteiger partial charge in [-0.25, -0.2) is 4.68 Å². The van der Waals surface area contributed by atoms with Gasteiger partial charge in [0, 0.05) is 38.2 Å². The molecule has 2 atom stereocenters. The molecule has 0 aromatic carbocycles. The molecule has 6 heteroatoms. The summed E-state index contributed by atoms with van der Waals surface area (Å²) in [5.74, 6) is 2.78. The van der Waals surface area contributed by atoms with E-state index in [0.29, 0.717) is 12.0 Å². The Balaban J connectivity index is 1.32. The molecule has 4 heterocycles. The van der Waals surface area contributed by atoms with Crippen molar-refractivity contribution < 1.29 is 4.42 Å². The molecule has 0 saturated carbocycles. The molecule has 23 heavy (non-hydrogen) atoms. The minimum Gasteiger partial charge on any atom is -0.468 e. The predicted octanol–water partition coefficient (Wildman–Crippen LogP) is 1.94. The first-order chi connectivity index (χ1) is 11.4. The molecule has 2 aromatic rings. The maximum Gasteiger partial charge on any atom is 0.124 e. The van der Waals surface area contributed by atoms with Gasteiger partial charge in [-0.1, -0.05) is 0 Å². The maximum atomic E-state index is 5.68. The highest BCUT2D eigenvalue weighted by molar-refractivity contribution is 5.35. The summed E-state index contributed by atoms with van der Waals surface area (Å²) in [6.45, 7) is 6.28. The summed E-state index contributed by atoms with van der Waals surface area (Å²) in [6.07, 6.45) is 6.23. The summed E-state index contributed by atoms with van der Waals surface area (Å²) in [4.78, 5) is 2.54. The molecule has 0 amide bonds. The van der Waals surface area contributed by atoms with Crippen LogP contribution in [0.1, 0.15) is 24.6 Å². The lowest BCUT2D eigenvalue weighted by Gasteiger charge is -2.28. The van der Waals surface area contributed by atoms with E-state index >= 15 is 0 Å². The summed E-state index contributed by atoms with van der Waals surface area (Å²) < 4.78 is 7.73. The zero-order valence-electron chi connectivity index (χ0n) is 13.4. The normalized spacial score (nSPS) is 22.7. The van der Waals surface area contributed by atoms with E-state index in [-0.39, 0.29) is 0 Å². The van der Waals surface area contributed by atoms with E-state index in [0.717, 1.165) is 37.8 Å². The van der Waals surface area contributed by atoms with Gasteiger partial charge in [-0.3, -0.25) is 4.90 Å². The first-order valence-electron chi connectivity index (χ1n) is 8.64. The van der Waals surface area contributed by atoms with Crippen molar-refractivity contribution in [2.75, 3.05) is 38.0 Å². The molecule has 1 saturated heterocycles. The minimum absolute atomic E-state index is 0.351. The molecule has 0 spiro atoms. The van der Waals surface area contributed by atoms with Crippen LogP contribution in [-0.2, 0) is 6.54 Å². The van der Waals surface area contributed by atoms with Gasteiger partial charge < -0.3 is 15.1 Å². The molecule has 6 nitrogen and oxygen atoms in total. The number of fused-ring (bicyclic) bond motifs is 1. The van der Waals surface area contributed by atoms with Crippen LogP contribution >= 0.6 is 0 Å². The number of anilines is 1. The standard InChI is InChI=1S/C17H25N5O/c1-2-8-21(7-1)15(16-4-3-9-23-16)12-18-10-14-11-19-17-5-6-20-22(17)13-14/h3-6,9,14-15,18-19H,1-2,7-8,10-13H2/t14-,15-/m0/s1.